The third-order valence-corrected chi connectivity index (χ3v) is 2.77. The SMILES string of the molecule is Cc1ccc(OCCCCNC(=O)NCCC(=O)O)cc1. The second kappa shape index (κ2) is 9.63. The Labute approximate surface area is 124 Å². The number of unbranched alkanes of at least 4 members (excludes halogenated alkanes) is 1. The number of amides is 2. The lowest BCUT2D eigenvalue weighted by Gasteiger charge is -2.08. The molecule has 116 valence electrons. The molecule has 0 atom stereocenters. The Morgan fingerprint density at radius 1 is 1.10 bits per heavy atom. The Balaban J connectivity index is 1.98. The van der Waals surface area contributed by atoms with Gasteiger partial charge in [0.15, 0.2) is 0 Å². The third-order valence-electron chi connectivity index (χ3n) is 2.77. The number of carbonyl (C=O) groups is 2. The van der Waals surface area contributed by atoms with Crippen molar-refractivity contribution in [1.29, 1.82) is 0 Å². The molecule has 1 aromatic carbocycles. The molecule has 21 heavy (non-hydrogen) atoms. The average molecular weight is 294 g/mol. The van der Waals surface area contributed by atoms with Crippen molar-refractivity contribution in [1.82, 2.24) is 10.6 Å². The van der Waals surface area contributed by atoms with Gasteiger partial charge in [0.05, 0.1) is 13.0 Å². The van der Waals surface area contributed by atoms with Gasteiger partial charge in [-0.2, -0.15) is 0 Å². The molecule has 0 unspecified atom stereocenters. The van der Waals surface area contributed by atoms with Crippen molar-refractivity contribution in [3.63, 3.8) is 0 Å². The van der Waals surface area contributed by atoms with E-state index in [0.717, 1.165) is 18.6 Å². The van der Waals surface area contributed by atoms with Crippen LogP contribution in [0.5, 0.6) is 5.75 Å². The van der Waals surface area contributed by atoms with E-state index in [2.05, 4.69) is 10.6 Å². The summed E-state index contributed by atoms with van der Waals surface area (Å²) in [6, 6.07) is 7.53. The van der Waals surface area contributed by atoms with Crippen molar-refractivity contribution in [2.45, 2.75) is 26.2 Å². The number of rotatable bonds is 9. The third kappa shape index (κ3) is 8.52. The minimum atomic E-state index is -0.927. The summed E-state index contributed by atoms with van der Waals surface area (Å²) in [5.74, 6) is -0.0801. The summed E-state index contributed by atoms with van der Waals surface area (Å²) in [6.07, 6.45) is 1.57. The highest BCUT2D eigenvalue weighted by atomic mass is 16.5. The summed E-state index contributed by atoms with van der Waals surface area (Å²) in [6.45, 7) is 3.30. The molecule has 1 aromatic rings. The zero-order chi connectivity index (χ0) is 15.5. The summed E-state index contributed by atoms with van der Waals surface area (Å²) in [7, 11) is 0. The molecular formula is C15H22N2O4. The molecule has 0 heterocycles. The minimum Gasteiger partial charge on any atom is -0.494 e. The van der Waals surface area contributed by atoms with Crippen LogP contribution in [0.2, 0.25) is 0 Å². The van der Waals surface area contributed by atoms with Gasteiger partial charge in [-0.15, -0.1) is 0 Å². The molecule has 0 spiro atoms. The van der Waals surface area contributed by atoms with Crippen molar-refractivity contribution in [3.8, 4) is 5.75 Å². The number of hydrogen-bond donors (Lipinski definition) is 3. The quantitative estimate of drug-likeness (QED) is 0.607. The first-order chi connectivity index (χ1) is 10.1. The molecule has 0 radical (unpaired) electrons. The number of nitrogens with one attached hydrogen (secondary N) is 2. The summed E-state index contributed by atoms with van der Waals surface area (Å²) in [5, 5.41) is 13.6. The Morgan fingerprint density at radius 2 is 1.76 bits per heavy atom. The lowest BCUT2D eigenvalue weighted by molar-refractivity contribution is -0.136. The lowest BCUT2D eigenvalue weighted by atomic mass is 10.2. The van der Waals surface area contributed by atoms with Crippen LogP contribution in [0.1, 0.15) is 24.8 Å². The van der Waals surface area contributed by atoms with Crippen LogP contribution in [-0.4, -0.2) is 36.8 Å². The number of urea groups is 1. The van der Waals surface area contributed by atoms with E-state index in [0.29, 0.717) is 13.2 Å². The van der Waals surface area contributed by atoms with E-state index in [1.807, 2.05) is 31.2 Å². The standard InChI is InChI=1S/C15H22N2O4/c1-12-4-6-13(7-5-12)21-11-3-2-9-16-15(20)17-10-8-14(18)19/h4-7H,2-3,8-11H2,1H3,(H,18,19)(H2,16,17,20). The van der Waals surface area contributed by atoms with Gasteiger partial charge in [0.1, 0.15) is 5.75 Å². The molecule has 1 rings (SSSR count). The van der Waals surface area contributed by atoms with Gasteiger partial charge in [-0.05, 0) is 31.9 Å². The molecule has 0 aliphatic carbocycles. The Hall–Kier alpha value is -2.24. The topological polar surface area (TPSA) is 87.7 Å². The number of carbonyl (C=O) groups excluding carboxylic acids is 1. The smallest absolute Gasteiger partial charge is 0.314 e. The van der Waals surface area contributed by atoms with E-state index in [1.165, 1.54) is 5.56 Å². The van der Waals surface area contributed by atoms with Crippen molar-refractivity contribution >= 4 is 12.0 Å². The largest absolute Gasteiger partial charge is 0.494 e. The van der Waals surface area contributed by atoms with Crippen molar-refractivity contribution < 1.29 is 19.4 Å². The van der Waals surface area contributed by atoms with Crippen LogP contribution < -0.4 is 15.4 Å². The molecule has 0 aromatic heterocycles. The predicted octanol–water partition coefficient (Wildman–Crippen LogP) is 1.93. The first kappa shape index (κ1) is 16.8. The number of aryl methyl sites for hydroxylation is 1. The molecule has 3 N–H and O–H groups in total. The zero-order valence-corrected chi connectivity index (χ0v) is 12.2. The number of carboxylic acids is 1. The fourth-order valence-electron chi connectivity index (χ4n) is 1.60. The second-order valence-electron chi connectivity index (χ2n) is 4.70. The summed E-state index contributed by atoms with van der Waals surface area (Å²) in [5.41, 5.74) is 1.19. The molecule has 0 saturated heterocycles. The fourth-order valence-corrected chi connectivity index (χ4v) is 1.60. The summed E-state index contributed by atoms with van der Waals surface area (Å²) < 4.78 is 5.57. The van der Waals surface area contributed by atoms with Crippen molar-refractivity contribution in [2.24, 2.45) is 0 Å². The van der Waals surface area contributed by atoms with Crippen molar-refractivity contribution in [2.75, 3.05) is 19.7 Å². The second-order valence-corrected chi connectivity index (χ2v) is 4.70. The van der Waals surface area contributed by atoms with Crippen LogP contribution in [0.3, 0.4) is 0 Å². The highest BCUT2D eigenvalue weighted by Gasteiger charge is 2.01. The number of benzene rings is 1. The normalized spacial score (nSPS) is 9.95. The zero-order valence-electron chi connectivity index (χ0n) is 12.2. The maximum atomic E-state index is 11.3. The first-order valence-corrected chi connectivity index (χ1v) is 7.01. The Kier molecular flexibility index (Phi) is 7.71. The van der Waals surface area contributed by atoms with Crippen LogP contribution in [0.4, 0.5) is 4.79 Å². The first-order valence-electron chi connectivity index (χ1n) is 7.01. The van der Waals surface area contributed by atoms with Crippen LogP contribution in [0.25, 0.3) is 0 Å². The van der Waals surface area contributed by atoms with E-state index in [9.17, 15) is 9.59 Å². The van der Waals surface area contributed by atoms with Gasteiger partial charge in [0.25, 0.3) is 0 Å². The van der Waals surface area contributed by atoms with Gasteiger partial charge in [0, 0.05) is 13.1 Å². The molecule has 6 heteroatoms. The van der Waals surface area contributed by atoms with Gasteiger partial charge in [-0.25, -0.2) is 4.79 Å². The van der Waals surface area contributed by atoms with E-state index >= 15 is 0 Å². The van der Waals surface area contributed by atoms with E-state index in [1.54, 1.807) is 0 Å². The summed E-state index contributed by atoms with van der Waals surface area (Å²) in [4.78, 5) is 21.5. The van der Waals surface area contributed by atoms with E-state index < -0.39 is 5.97 Å². The monoisotopic (exact) mass is 294 g/mol. The molecule has 0 aliphatic heterocycles. The van der Waals surface area contributed by atoms with Gasteiger partial charge in [-0.3, -0.25) is 4.79 Å². The van der Waals surface area contributed by atoms with Crippen LogP contribution in [0, 0.1) is 6.92 Å². The van der Waals surface area contributed by atoms with Gasteiger partial charge < -0.3 is 20.5 Å². The number of aliphatic carboxylic acids is 1. The van der Waals surface area contributed by atoms with Crippen molar-refractivity contribution in [3.05, 3.63) is 29.8 Å². The molecule has 0 fully saturated rings. The summed E-state index contributed by atoms with van der Waals surface area (Å²) >= 11 is 0. The van der Waals surface area contributed by atoms with Crippen LogP contribution in [0.15, 0.2) is 24.3 Å². The number of carboxylic acid groups (broad SMARTS) is 1. The maximum Gasteiger partial charge on any atom is 0.314 e. The maximum absolute atomic E-state index is 11.3. The van der Waals surface area contributed by atoms with Crippen LogP contribution in [-0.2, 0) is 4.79 Å². The lowest BCUT2D eigenvalue weighted by Crippen LogP contribution is -2.37. The molecule has 0 aliphatic rings. The molecule has 6 nitrogen and oxygen atoms in total. The van der Waals surface area contributed by atoms with E-state index in [4.69, 9.17) is 9.84 Å². The highest BCUT2D eigenvalue weighted by molar-refractivity contribution is 5.74. The molecule has 0 bridgehead atoms. The minimum absolute atomic E-state index is 0.0716. The van der Waals surface area contributed by atoms with Crippen LogP contribution >= 0.6 is 0 Å². The van der Waals surface area contributed by atoms with Gasteiger partial charge >= 0.3 is 12.0 Å². The Bertz CT molecular complexity index is 445. The Morgan fingerprint density at radius 3 is 2.43 bits per heavy atom. The predicted molar refractivity (Wildman–Crippen MR) is 79.6 cm³/mol. The van der Waals surface area contributed by atoms with Gasteiger partial charge in [0.2, 0.25) is 0 Å². The fraction of sp³-hybridized carbons (Fsp3) is 0.467. The average Bonchev–Trinajstić information content (AvgIpc) is 2.44. The van der Waals surface area contributed by atoms with E-state index in [-0.39, 0.29) is 19.0 Å². The molecule has 2 amide bonds. The molecular weight excluding hydrogens is 272 g/mol. The number of ether oxygens (including phenoxy) is 1. The highest BCUT2D eigenvalue weighted by Crippen LogP contribution is 2.11. The van der Waals surface area contributed by atoms with Gasteiger partial charge in [-0.1, -0.05) is 17.7 Å². The molecule has 0 saturated carbocycles. The number of hydrogen-bond acceptors (Lipinski definition) is 3.